The molecule has 1 aromatic heterocycles. The van der Waals surface area contributed by atoms with Gasteiger partial charge in [-0.1, -0.05) is 6.58 Å². The van der Waals surface area contributed by atoms with E-state index in [4.69, 9.17) is 9.15 Å². The third kappa shape index (κ3) is 2.10. The fourth-order valence-corrected chi connectivity index (χ4v) is 0.897. The Morgan fingerprint density at radius 3 is 2.86 bits per heavy atom. The van der Waals surface area contributed by atoms with Gasteiger partial charge in [0.2, 0.25) is 0 Å². The molecule has 0 saturated carbocycles. The Hall–Kier alpha value is -1.84. The van der Waals surface area contributed by atoms with Gasteiger partial charge < -0.3 is 9.15 Å². The molecule has 0 spiro atoms. The van der Waals surface area contributed by atoms with E-state index in [2.05, 4.69) is 6.58 Å². The van der Waals surface area contributed by atoms with Gasteiger partial charge in [0.1, 0.15) is 5.76 Å². The minimum atomic E-state index is -0.542. The zero-order valence-electron chi connectivity index (χ0n) is 7.78. The van der Waals surface area contributed by atoms with E-state index in [1.807, 2.05) is 0 Å². The average molecular weight is 194 g/mol. The van der Waals surface area contributed by atoms with E-state index >= 15 is 0 Å². The summed E-state index contributed by atoms with van der Waals surface area (Å²) in [5, 5.41) is 0. The molecule has 0 radical (unpaired) electrons. The molecule has 1 heterocycles. The van der Waals surface area contributed by atoms with Crippen LogP contribution in [0, 0.1) is 0 Å². The second kappa shape index (κ2) is 4.41. The standard InChI is InChI=1S/C10H10O4/c1-3-13-10(12)7(2)9-5-4-8(6-11)14-9/h4-6H,2-3H2,1H3. The largest absolute Gasteiger partial charge is 0.462 e. The fourth-order valence-electron chi connectivity index (χ4n) is 0.897. The quantitative estimate of drug-likeness (QED) is 0.415. The minimum absolute atomic E-state index is 0.111. The Bertz CT molecular complexity index is 362. The van der Waals surface area contributed by atoms with Crippen LogP contribution in [0.25, 0.3) is 5.57 Å². The predicted molar refractivity (Wildman–Crippen MR) is 49.8 cm³/mol. The van der Waals surface area contributed by atoms with Gasteiger partial charge in [0.15, 0.2) is 12.0 Å². The maximum atomic E-state index is 11.2. The van der Waals surface area contributed by atoms with Crippen LogP contribution in [0.15, 0.2) is 23.1 Å². The van der Waals surface area contributed by atoms with Crippen LogP contribution >= 0.6 is 0 Å². The van der Waals surface area contributed by atoms with Gasteiger partial charge >= 0.3 is 5.97 Å². The molecule has 0 amide bonds. The van der Waals surface area contributed by atoms with E-state index in [0.717, 1.165) is 0 Å². The highest BCUT2D eigenvalue weighted by Crippen LogP contribution is 2.16. The number of hydrogen-bond donors (Lipinski definition) is 0. The number of rotatable bonds is 4. The van der Waals surface area contributed by atoms with Gasteiger partial charge in [-0.3, -0.25) is 4.79 Å². The average Bonchev–Trinajstić information content (AvgIpc) is 2.65. The smallest absolute Gasteiger partial charge is 0.341 e. The minimum Gasteiger partial charge on any atom is -0.462 e. The summed E-state index contributed by atoms with van der Waals surface area (Å²) in [5.41, 5.74) is 0.111. The van der Waals surface area contributed by atoms with Crippen LogP contribution in [0.3, 0.4) is 0 Å². The van der Waals surface area contributed by atoms with Gasteiger partial charge in [0.25, 0.3) is 0 Å². The Kier molecular flexibility index (Phi) is 3.23. The molecular weight excluding hydrogens is 184 g/mol. The van der Waals surface area contributed by atoms with Crippen LogP contribution in [0.2, 0.25) is 0 Å². The SMILES string of the molecule is C=C(C(=O)OCC)c1ccc(C=O)o1. The van der Waals surface area contributed by atoms with Crippen molar-refractivity contribution in [1.82, 2.24) is 0 Å². The Balaban J connectivity index is 2.78. The van der Waals surface area contributed by atoms with Crippen molar-refractivity contribution in [1.29, 1.82) is 0 Å². The molecule has 0 aliphatic carbocycles. The molecule has 14 heavy (non-hydrogen) atoms. The summed E-state index contributed by atoms with van der Waals surface area (Å²) in [7, 11) is 0. The van der Waals surface area contributed by atoms with Crippen LogP contribution in [-0.4, -0.2) is 18.9 Å². The molecule has 0 N–H and O–H groups in total. The molecule has 0 aliphatic heterocycles. The normalized spacial score (nSPS) is 9.50. The zero-order valence-corrected chi connectivity index (χ0v) is 7.78. The molecule has 0 atom stereocenters. The van der Waals surface area contributed by atoms with Crippen molar-refractivity contribution in [3.05, 3.63) is 30.2 Å². The van der Waals surface area contributed by atoms with Gasteiger partial charge in [-0.25, -0.2) is 4.79 Å². The molecule has 0 saturated heterocycles. The lowest BCUT2D eigenvalue weighted by molar-refractivity contribution is -0.136. The Morgan fingerprint density at radius 2 is 2.36 bits per heavy atom. The fraction of sp³-hybridized carbons (Fsp3) is 0.200. The van der Waals surface area contributed by atoms with Gasteiger partial charge in [-0.05, 0) is 19.1 Å². The van der Waals surface area contributed by atoms with E-state index in [-0.39, 0.29) is 23.7 Å². The molecule has 1 aromatic rings. The third-order valence-electron chi connectivity index (χ3n) is 1.56. The number of ether oxygens (including phenoxy) is 1. The van der Waals surface area contributed by atoms with Crippen molar-refractivity contribution in [2.24, 2.45) is 0 Å². The molecule has 0 fully saturated rings. The molecule has 4 nitrogen and oxygen atoms in total. The Morgan fingerprint density at radius 1 is 1.64 bits per heavy atom. The highest BCUT2D eigenvalue weighted by molar-refractivity contribution is 6.14. The molecule has 4 heteroatoms. The molecule has 1 rings (SSSR count). The lowest BCUT2D eigenvalue weighted by Gasteiger charge is -2.01. The first-order valence-electron chi connectivity index (χ1n) is 4.10. The van der Waals surface area contributed by atoms with Crippen molar-refractivity contribution >= 4 is 17.8 Å². The van der Waals surface area contributed by atoms with Gasteiger partial charge in [-0.15, -0.1) is 0 Å². The van der Waals surface area contributed by atoms with E-state index in [1.165, 1.54) is 12.1 Å². The van der Waals surface area contributed by atoms with Crippen molar-refractivity contribution in [2.75, 3.05) is 6.61 Å². The van der Waals surface area contributed by atoms with Gasteiger partial charge in [0, 0.05) is 0 Å². The summed E-state index contributed by atoms with van der Waals surface area (Å²) in [4.78, 5) is 21.5. The summed E-state index contributed by atoms with van der Waals surface area (Å²) in [6.45, 7) is 5.48. The van der Waals surface area contributed by atoms with E-state index in [1.54, 1.807) is 6.92 Å². The molecular formula is C10H10O4. The molecule has 0 aliphatic rings. The molecule has 0 bridgehead atoms. The number of aldehydes is 1. The van der Waals surface area contributed by atoms with Crippen LogP contribution < -0.4 is 0 Å². The summed E-state index contributed by atoms with van der Waals surface area (Å²) in [6, 6.07) is 2.97. The summed E-state index contributed by atoms with van der Waals surface area (Å²) in [5.74, 6) is -0.129. The van der Waals surface area contributed by atoms with Crippen LogP contribution in [-0.2, 0) is 9.53 Å². The maximum absolute atomic E-state index is 11.2. The Labute approximate surface area is 81.2 Å². The first-order valence-corrected chi connectivity index (χ1v) is 4.10. The third-order valence-corrected chi connectivity index (χ3v) is 1.56. The summed E-state index contributed by atoms with van der Waals surface area (Å²) < 4.78 is 9.71. The lowest BCUT2D eigenvalue weighted by atomic mass is 10.2. The van der Waals surface area contributed by atoms with E-state index < -0.39 is 5.97 Å². The first kappa shape index (κ1) is 10.2. The van der Waals surface area contributed by atoms with Crippen molar-refractivity contribution in [3.8, 4) is 0 Å². The lowest BCUT2D eigenvalue weighted by Crippen LogP contribution is -2.04. The maximum Gasteiger partial charge on any atom is 0.341 e. The highest BCUT2D eigenvalue weighted by atomic mass is 16.5. The highest BCUT2D eigenvalue weighted by Gasteiger charge is 2.13. The second-order valence-corrected chi connectivity index (χ2v) is 2.52. The van der Waals surface area contributed by atoms with E-state index in [9.17, 15) is 9.59 Å². The predicted octanol–water partition coefficient (Wildman–Crippen LogP) is 1.67. The second-order valence-electron chi connectivity index (χ2n) is 2.52. The molecule has 0 aromatic carbocycles. The number of furan rings is 1. The monoisotopic (exact) mass is 194 g/mol. The summed E-state index contributed by atoms with van der Waals surface area (Å²) in [6.07, 6.45) is 0.557. The van der Waals surface area contributed by atoms with Crippen LogP contribution in [0.4, 0.5) is 0 Å². The topological polar surface area (TPSA) is 56.5 Å². The number of esters is 1. The van der Waals surface area contributed by atoms with Crippen LogP contribution in [0.5, 0.6) is 0 Å². The molecule has 74 valence electrons. The van der Waals surface area contributed by atoms with Crippen molar-refractivity contribution < 1.29 is 18.7 Å². The van der Waals surface area contributed by atoms with Gasteiger partial charge in [0.05, 0.1) is 12.2 Å². The van der Waals surface area contributed by atoms with E-state index in [0.29, 0.717) is 6.29 Å². The molecule has 0 unspecified atom stereocenters. The van der Waals surface area contributed by atoms with Crippen molar-refractivity contribution in [2.45, 2.75) is 6.92 Å². The number of carbonyl (C=O) groups excluding carboxylic acids is 2. The first-order chi connectivity index (χ1) is 6.69. The number of carbonyl (C=O) groups is 2. The summed E-state index contributed by atoms with van der Waals surface area (Å²) >= 11 is 0. The van der Waals surface area contributed by atoms with Crippen LogP contribution in [0.1, 0.15) is 23.2 Å². The zero-order chi connectivity index (χ0) is 10.6. The van der Waals surface area contributed by atoms with Crippen molar-refractivity contribution in [3.63, 3.8) is 0 Å². The number of hydrogen-bond acceptors (Lipinski definition) is 4. The van der Waals surface area contributed by atoms with Gasteiger partial charge in [-0.2, -0.15) is 0 Å².